The van der Waals surface area contributed by atoms with Crippen LogP contribution in [0.25, 0.3) is 0 Å². The topological polar surface area (TPSA) is 46.5 Å². The highest BCUT2D eigenvalue weighted by molar-refractivity contribution is 5.73. The van der Waals surface area contributed by atoms with E-state index in [-0.39, 0.29) is 5.97 Å². The number of hydrogen-bond acceptors (Lipinski definition) is 3. The fourth-order valence-corrected chi connectivity index (χ4v) is 0.316. The highest BCUT2D eigenvalue weighted by Gasteiger charge is 2.00. The molecule has 1 rings (SSSR count). The molecule has 0 spiro atoms. The Morgan fingerprint density at radius 1 is 1.75 bits per heavy atom. The van der Waals surface area contributed by atoms with Crippen molar-refractivity contribution in [2.75, 3.05) is 7.11 Å². The summed E-state index contributed by atoms with van der Waals surface area (Å²) in [5.74, 6) is -0.157. The van der Waals surface area contributed by atoms with E-state index in [9.17, 15) is 4.79 Å². The Bertz CT molecular complexity index is 85.8. The highest BCUT2D eigenvalue weighted by atomic mass is 16.5. The first-order chi connectivity index (χ1) is 3.89. The smallest absolute Gasteiger partial charge is 0.314 e. The van der Waals surface area contributed by atoms with Crippen LogP contribution >= 0.6 is 0 Å². The second kappa shape index (κ2) is 4.33. The summed E-state index contributed by atoms with van der Waals surface area (Å²) in [7, 11) is 1.00. The molecule has 46 valence electrons. The maximum Gasteiger partial charge on any atom is 0.314 e. The van der Waals surface area contributed by atoms with Gasteiger partial charge >= 0.3 is 5.97 Å². The van der Waals surface area contributed by atoms with E-state index in [1.54, 1.807) is 6.08 Å². The Morgan fingerprint density at radius 2 is 2.38 bits per heavy atom. The van der Waals surface area contributed by atoms with Crippen molar-refractivity contribution < 1.29 is 14.6 Å². The standard InChI is InChI=1S/C4H4O2.CH4O/c5-4-2-1-3-6-4;1-2/h1,3H,2H2;2H,1H3. The van der Waals surface area contributed by atoms with Gasteiger partial charge in [-0.2, -0.15) is 0 Å². The first-order valence-electron chi connectivity index (χ1n) is 2.19. The fraction of sp³-hybridized carbons (Fsp3) is 0.400. The predicted octanol–water partition coefficient (Wildman–Crippen LogP) is 0.0555. The Kier molecular flexibility index (Phi) is 3.88. The largest absolute Gasteiger partial charge is 0.435 e. The quantitative estimate of drug-likeness (QED) is 0.455. The van der Waals surface area contributed by atoms with Crippen LogP contribution in [0.4, 0.5) is 0 Å². The zero-order chi connectivity index (χ0) is 6.41. The van der Waals surface area contributed by atoms with Crippen LogP contribution in [-0.2, 0) is 9.53 Å². The second-order valence-corrected chi connectivity index (χ2v) is 1.07. The minimum atomic E-state index is -0.157. The Morgan fingerprint density at radius 3 is 2.50 bits per heavy atom. The molecule has 0 aromatic rings. The van der Waals surface area contributed by atoms with Crippen LogP contribution in [-0.4, -0.2) is 18.2 Å². The number of hydrogen-bond donors (Lipinski definition) is 1. The van der Waals surface area contributed by atoms with E-state index in [1.165, 1.54) is 6.26 Å². The summed E-state index contributed by atoms with van der Waals surface area (Å²) in [6, 6.07) is 0. The van der Waals surface area contributed by atoms with Gasteiger partial charge in [-0.15, -0.1) is 0 Å². The number of aliphatic hydroxyl groups excluding tert-OH is 1. The van der Waals surface area contributed by atoms with Crippen molar-refractivity contribution in [1.82, 2.24) is 0 Å². The molecule has 8 heavy (non-hydrogen) atoms. The van der Waals surface area contributed by atoms with Gasteiger partial charge in [0, 0.05) is 7.11 Å². The molecule has 0 bridgehead atoms. The lowest BCUT2D eigenvalue weighted by atomic mass is 10.5. The van der Waals surface area contributed by atoms with E-state index in [0.717, 1.165) is 7.11 Å². The molecule has 0 atom stereocenters. The predicted molar refractivity (Wildman–Crippen MR) is 28.0 cm³/mol. The van der Waals surface area contributed by atoms with E-state index in [0.29, 0.717) is 6.42 Å². The van der Waals surface area contributed by atoms with Crippen molar-refractivity contribution in [3.63, 3.8) is 0 Å². The maximum atomic E-state index is 9.96. The van der Waals surface area contributed by atoms with Crippen molar-refractivity contribution in [3.8, 4) is 0 Å². The summed E-state index contributed by atoms with van der Waals surface area (Å²) >= 11 is 0. The zero-order valence-electron chi connectivity index (χ0n) is 4.63. The van der Waals surface area contributed by atoms with Crippen LogP contribution in [0.2, 0.25) is 0 Å². The number of esters is 1. The summed E-state index contributed by atoms with van der Waals surface area (Å²) in [6.07, 6.45) is 3.53. The van der Waals surface area contributed by atoms with Crippen LogP contribution in [0.3, 0.4) is 0 Å². The van der Waals surface area contributed by atoms with Crippen molar-refractivity contribution in [2.45, 2.75) is 6.42 Å². The lowest BCUT2D eigenvalue weighted by Crippen LogP contribution is -1.87. The second-order valence-electron chi connectivity index (χ2n) is 1.07. The van der Waals surface area contributed by atoms with Crippen molar-refractivity contribution >= 4 is 5.97 Å². The van der Waals surface area contributed by atoms with E-state index in [4.69, 9.17) is 5.11 Å². The molecule has 0 unspecified atom stereocenters. The van der Waals surface area contributed by atoms with Gasteiger partial charge in [0.15, 0.2) is 0 Å². The number of cyclic esters (lactones) is 1. The molecule has 0 aromatic heterocycles. The van der Waals surface area contributed by atoms with Crippen LogP contribution in [0, 0.1) is 0 Å². The van der Waals surface area contributed by atoms with E-state index < -0.39 is 0 Å². The lowest BCUT2D eigenvalue weighted by molar-refractivity contribution is -0.135. The third-order valence-corrected chi connectivity index (χ3v) is 0.580. The summed E-state index contributed by atoms with van der Waals surface area (Å²) in [6.45, 7) is 0. The van der Waals surface area contributed by atoms with Gasteiger partial charge in [-0.3, -0.25) is 4.79 Å². The average molecular weight is 116 g/mol. The van der Waals surface area contributed by atoms with Gasteiger partial charge in [0.05, 0.1) is 12.7 Å². The van der Waals surface area contributed by atoms with Gasteiger partial charge < -0.3 is 9.84 Å². The van der Waals surface area contributed by atoms with E-state index >= 15 is 0 Å². The molecule has 0 amide bonds. The minimum Gasteiger partial charge on any atom is -0.435 e. The molecule has 0 aliphatic carbocycles. The third-order valence-electron chi connectivity index (χ3n) is 0.580. The van der Waals surface area contributed by atoms with Crippen LogP contribution in [0.1, 0.15) is 6.42 Å². The molecule has 1 aliphatic heterocycles. The molecule has 1 aliphatic rings. The number of carbonyl (C=O) groups excluding carboxylic acids is 1. The summed E-state index contributed by atoms with van der Waals surface area (Å²) in [4.78, 5) is 9.96. The minimum absolute atomic E-state index is 0.157. The SMILES string of the molecule is CO.O=C1CC=CO1. The maximum absolute atomic E-state index is 9.96. The fourth-order valence-electron chi connectivity index (χ4n) is 0.316. The molecule has 0 fully saturated rings. The van der Waals surface area contributed by atoms with Crippen LogP contribution in [0.5, 0.6) is 0 Å². The van der Waals surface area contributed by atoms with Crippen molar-refractivity contribution in [1.29, 1.82) is 0 Å². The summed E-state index contributed by atoms with van der Waals surface area (Å²) in [5.41, 5.74) is 0. The summed E-state index contributed by atoms with van der Waals surface area (Å²) in [5, 5.41) is 7.00. The van der Waals surface area contributed by atoms with Gasteiger partial charge in [-0.25, -0.2) is 0 Å². The first kappa shape index (κ1) is 7.17. The van der Waals surface area contributed by atoms with E-state index in [1.807, 2.05) is 0 Å². The number of rotatable bonds is 0. The third kappa shape index (κ3) is 2.36. The van der Waals surface area contributed by atoms with Crippen LogP contribution < -0.4 is 0 Å². The van der Waals surface area contributed by atoms with Gasteiger partial charge in [-0.1, -0.05) is 0 Å². The highest BCUT2D eigenvalue weighted by Crippen LogP contribution is 1.96. The Labute approximate surface area is 47.6 Å². The molecule has 0 radical (unpaired) electrons. The molecular weight excluding hydrogens is 108 g/mol. The molecule has 0 saturated carbocycles. The van der Waals surface area contributed by atoms with Gasteiger partial charge in [-0.05, 0) is 6.08 Å². The monoisotopic (exact) mass is 116 g/mol. The van der Waals surface area contributed by atoms with Crippen molar-refractivity contribution in [2.24, 2.45) is 0 Å². The normalized spacial score (nSPS) is 14.5. The average Bonchev–Trinajstić information content (AvgIpc) is 2.24. The van der Waals surface area contributed by atoms with Gasteiger partial charge in [0.1, 0.15) is 0 Å². The zero-order valence-corrected chi connectivity index (χ0v) is 4.63. The molecule has 0 saturated heterocycles. The Hall–Kier alpha value is -0.830. The molecular formula is C5H8O3. The summed E-state index contributed by atoms with van der Waals surface area (Å²) < 4.78 is 4.33. The number of ether oxygens (including phenoxy) is 1. The van der Waals surface area contributed by atoms with Crippen molar-refractivity contribution in [3.05, 3.63) is 12.3 Å². The van der Waals surface area contributed by atoms with Gasteiger partial charge in [0.2, 0.25) is 0 Å². The number of carbonyl (C=O) groups is 1. The van der Waals surface area contributed by atoms with E-state index in [2.05, 4.69) is 4.74 Å². The molecule has 1 N–H and O–H groups in total. The molecule has 3 heteroatoms. The molecule has 3 nitrogen and oxygen atoms in total. The first-order valence-corrected chi connectivity index (χ1v) is 2.19. The molecule has 1 heterocycles. The lowest BCUT2D eigenvalue weighted by Gasteiger charge is -1.78. The Balaban J connectivity index is 0.000000222. The molecule has 0 aromatic carbocycles. The van der Waals surface area contributed by atoms with Crippen LogP contribution in [0.15, 0.2) is 12.3 Å². The van der Waals surface area contributed by atoms with Gasteiger partial charge in [0.25, 0.3) is 0 Å². The number of aliphatic hydroxyl groups is 1.